The van der Waals surface area contributed by atoms with Crippen molar-refractivity contribution in [3.05, 3.63) is 17.2 Å². The molecule has 1 aromatic rings. The first-order valence-corrected chi connectivity index (χ1v) is 6.61. The van der Waals surface area contributed by atoms with E-state index < -0.39 is 0 Å². The van der Waals surface area contributed by atoms with E-state index in [0.717, 1.165) is 44.0 Å². The molecule has 0 aromatic carbocycles. The summed E-state index contributed by atoms with van der Waals surface area (Å²) in [6.45, 7) is 4.73. The van der Waals surface area contributed by atoms with Crippen LogP contribution >= 0.6 is 0 Å². The molecule has 0 fully saturated rings. The molecule has 0 saturated carbocycles. The van der Waals surface area contributed by atoms with E-state index in [9.17, 15) is 4.79 Å². The van der Waals surface area contributed by atoms with Gasteiger partial charge in [0, 0.05) is 58.7 Å². The number of hydrogen-bond acceptors (Lipinski definition) is 3. The zero-order chi connectivity index (χ0) is 13.1. The first-order chi connectivity index (χ1) is 8.63. The van der Waals surface area contributed by atoms with Crippen molar-refractivity contribution in [1.29, 1.82) is 0 Å². The van der Waals surface area contributed by atoms with Gasteiger partial charge in [0.2, 0.25) is 5.91 Å². The highest BCUT2D eigenvalue weighted by atomic mass is 16.2. The van der Waals surface area contributed by atoms with E-state index in [-0.39, 0.29) is 5.91 Å². The molecular formula is C13H22N4O. The van der Waals surface area contributed by atoms with Crippen LogP contribution in [0.1, 0.15) is 30.6 Å². The number of carbonyl (C=O) groups is 1. The number of rotatable bonds is 4. The second-order valence-electron chi connectivity index (χ2n) is 4.89. The van der Waals surface area contributed by atoms with Crippen LogP contribution in [0.15, 0.2) is 0 Å². The highest BCUT2D eigenvalue weighted by Gasteiger charge is 2.19. The van der Waals surface area contributed by atoms with Crippen molar-refractivity contribution in [1.82, 2.24) is 19.8 Å². The Hall–Kier alpha value is -1.36. The molecule has 100 valence electrons. The lowest BCUT2D eigenvalue weighted by Gasteiger charge is -2.17. The number of imidazole rings is 1. The van der Waals surface area contributed by atoms with Crippen molar-refractivity contribution < 1.29 is 4.79 Å². The average molecular weight is 250 g/mol. The lowest BCUT2D eigenvalue weighted by molar-refractivity contribution is -0.128. The lowest BCUT2D eigenvalue weighted by Crippen LogP contribution is -2.26. The van der Waals surface area contributed by atoms with Crippen LogP contribution in [0.4, 0.5) is 0 Å². The van der Waals surface area contributed by atoms with E-state index in [2.05, 4.69) is 21.8 Å². The highest BCUT2D eigenvalue weighted by Crippen LogP contribution is 2.17. The van der Waals surface area contributed by atoms with E-state index in [4.69, 9.17) is 0 Å². The van der Waals surface area contributed by atoms with Crippen LogP contribution in [0.3, 0.4) is 0 Å². The standard InChI is InChI=1S/C13H22N4O/c1-4-12-15-10-9-14-7-5-11(10)17(12)8-6-13(18)16(2)3/h14H,4-9H2,1-3H3. The number of nitrogens with one attached hydrogen (secondary N) is 1. The number of carbonyl (C=O) groups excluding carboxylic acids is 1. The summed E-state index contributed by atoms with van der Waals surface area (Å²) in [5.41, 5.74) is 2.48. The summed E-state index contributed by atoms with van der Waals surface area (Å²) in [6.07, 6.45) is 2.48. The van der Waals surface area contributed by atoms with Gasteiger partial charge in [-0.25, -0.2) is 4.98 Å². The van der Waals surface area contributed by atoms with Gasteiger partial charge in [-0.2, -0.15) is 0 Å². The van der Waals surface area contributed by atoms with Crippen LogP contribution in [0.2, 0.25) is 0 Å². The Morgan fingerprint density at radius 2 is 2.28 bits per heavy atom. The predicted molar refractivity (Wildman–Crippen MR) is 70.3 cm³/mol. The molecule has 0 bridgehead atoms. The van der Waals surface area contributed by atoms with Crippen LogP contribution < -0.4 is 5.32 Å². The smallest absolute Gasteiger partial charge is 0.223 e. The number of fused-ring (bicyclic) bond motifs is 1. The van der Waals surface area contributed by atoms with Gasteiger partial charge >= 0.3 is 0 Å². The van der Waals surface area contributed by atoms with E-state index in [1.807, 2.05) is 0 Å². The molecular weight excluding hydrogens is 228 g/mol. The molecule has 0 saturated heterocycles. The number of amides is 1. The third-order valence-electron chi connectivity index (χ3n) is 3.43. The van der Waals surface area contributed by atoms with Gasteiger partial charge in [0.15, 0.2) is 0 Å². The third-order valence-corrected chi connectivity index (χ3v) is 3.43. The molecule has 2 rings (SSSR count). The summed E-state index contributed by atoms with van der Waals surface area (Å²) in [6, 6.07) is 0. The van der Waals surface area contributed by atoms with Gasteiger partial charge < -0.3 is 14.8 Å². The predicted octanol–water partition coefficient (Wildman–Crippen LogP) is 0.569. The highest BCUT2D eigenvalue weighted by molar-refractivity contribution is 5.75. The Kier molecular flexibility index (Phi) is 4.01. The van der Waals surface area contributed by atoms with Gasteiger partial charge in [0.25, 0.3) is 0 Å². The van der Waals surface area contributed by atoms with Crippen LogP contribution in [0.25, 0.3) is 0 Å². The Bertz CT molecular complexity index is 436. The molecule has 1 aromatic heterocycles. The second kappa shape index (κ2) is 5.52. The Balaban J connectivity index is 2.15. The van der Waals surface area contributed by atoms with Gasteiger partial charge in [-0.05, 0) is 0 Å². The maximum atomic E-state index is 11.7. The normalized spacial score (nSPS) is 14.4. The minimum atomic E-state index is 0.174. The summed E-state index contributed by atoms with van der Waals surface area (Å²) in [5, 5.41) is 3.34. The van der Waals surface area contributed by atoms with E-state index in [1.54, 1.807) is 19.0 Å². The Morgan fingerprint density at radius 3 is 2.94 bits per heavy atom. The van der Waals surface area contributed by atoms with Crippen LogP contribution in [0, 0.1) is 0 Å². The second-order valence-corrected chi connectivity index (χ2v) is 4.89. The molecule has 2 heterocycles. The summed E-state index contributed by atoms with van der Waals surface area (Å²) in [7, 11) is 3.60. The topological polar surface area (TPSA) is 50.2 Å². The first-order valence-electron chi connectivity index (χ1n) is 6.61. The maximum Gasteiger partial charge on any atom is 0.223 e. The molecule has 18 heavy (non-hydrogen) atoms. The van der Waals surface area contributed by atoms with E-state index >= 15 is 0 Å². The molecule has 1 aliphatic heterocycles. The van der Waals surface area contributed by atoms with Crippen molar-refractivity contribution in [3.63, 3.8) is 0 Å². The zero-order valence-corrected chi connectivity index (χ0v) is 11.5. The largest absolute Gasteiger partial charge is 0.349 e. The van der Waals surface area contributed by atoms with Crippen LogP contribution in [0.5, 0.6) is 0 Å². The van der Waals surface area contributed by atoms with Crippen molar-refractivity contribution in [3.8, 4) is 0 Å². The molecule has 1 aliphatic rings. The zero-order valence-electron chi connectivity index (χ0n) is 11.5. The average Bonchev–Trinajstić information content (AvgIpc) is 2.73. The minimum Gasteiger partial charge on any atom is -0.349 e. The maximum absolute atomic E-state index is 11.7. The fraction of sp³-hybridized carbons (Fsp3) is 0.692. The summed E-state index contributed by atoms with van der Waals surface area (Å²) >= 11 is 0. The molecule has 0 atom stereocenters. The van der Waals surface area contributed by atoms with Crippen LogP contribution in [-0.2, 0) is 30.7 Å². The Morgan fingerprint density at radius 1 is 1.50 bits per heavy atom. The van der Waals surface area contributed by atoms with Crippen molar-refractivity contribution >= 4 is 5.91 Å². The molecule has 0 radical (unpaired) electrons. The van der Waals surface area contributed by atoms with Gasteiger partial charge in [0.05, 0.1) is 5.69 Å². The van der Waals surface area contributed by atoms with Gasteiger partial charge in [-0.1, -0.05) is 6.92 Å². The lowest BCUT2D eigenvalue weighted by atomic mass is 10.2. The number of aryl methyl sites for hydroxylation is 1. The molecule has 0 unspecified atom stereocenters. The number of nitrogens with zero attached hydrogens (tertiary/aromatic N) is 3. The Labute approximate surface area is 108 Å². The van der Waals surface area contributed by atoms with Crippen molar-refractivity contribution in [2.75, 3.05) is 20.6 Å². The quantitative estimate of drug-likeness (QED) is 0.850. The van der Waals surface area contributed by atoms with Gasteiger partial charge in [0.1, 0.15) is 5.82 Å². The number of aromatic nitrogens is 2. The molecule has 1 N–H and O–H groups in total. The minimum absolute atomic E-state index is 0.174. The molecule has 1 amide bonds. The molecule has 0 spiro atoms. The number of hydrogen-bond donors (Lipinski definition) is 1. The first kappa shape index (κ1) is 13.1. The fourth-order valence-electron chi connectivity index (χ4n) is 2.39. The van der Waals surface area contributed by atoms with Gasteiger partial charge in [-0.3, -0.25) is 4.79 Å². The monoisotopic (exact) mass is 250 g/mol. The summed E-state index contributed by atoms with van der Waals surface area (Å²) in [4.78, 5) is 18.0. The molecule has 5 heteroatoms. The summed E-state index contributed by atoms with van der Waals surface area (Å²) < 4.78 is 2.25. The summed E-state index contributed by atoms with van der Waals surface area (Å²) in [5.74, 6) is 1.28. The van der Waals surface area contributed by atoms with E-state index in [0.29, 0.717) is 6.42 Å². The van der Waals surface area contributed by atoms with Crippen LogP contribution in [-0.4, -0.2) is 41.0 Å². The van der Waals surface area contributed by atoms with Gasteiger partial charge in [-0.15, -0.1) is 0 Å². The SMILES string of the molecule is CCc1nc2c(n1CCC(=O)N(C)C)CCNC2. The molecule has 0 aliphatic carbocycles. The molecule has 5 nitrogen and oxygen atoms in total. The van der Waals surface area contributed by atoms with E-state index in [1.165, 1.54) is 5.69 Å². The fourth-order valence-corrected chi connectivity index (χ4v) is 2.39. The van der Waals surface area contributed by atoms with Crippen molar-refractivity contribution in [2.24, 2.45) is 0 Å². The van der Waals surface area contributed by atoms with Crippen molar-refractivity contribution in [2.45, 2.75) is 39.3 Å². The third kappa shape index (κ3) is 2.56.